The predicted molar refractivity (Wildman–Crippen MR) is 85.6 cm³/mol. The van der Waals surface area contributed by atoms with Gasteiger partial charge in [0.1, 0.15) is 22.6 Å². The molecule has 0 amide bonds. The quantitative estimate of drug-likeness (QED) is 0.308. The molecule has 0 saturated carbocycles. The number of ether oxygens (including phenoxy) is 1. The number of benzene rings is 2. The molecule has 0 radical (unpaired) electrons. The highest BCUT2D eigenvalue weighted by Gasteiger charge is 2.24. The molecular formula is C14H10O11S2. The van der Waals surface area contributed by atoms with Crippen LogP contribution in [0.25, 0.3) is 0 Å². The number of esters is 2. The molecule has 0 bridgehead atoms. The Morgan fingerprint density at radius 3 is 1.70 bits per heavy atom. The van der Waals surface area contributed by atoms with Gasteiger partial charge in [-0.3, -0.25) is 9.11 Å². The van der Waals surface area contributed by atoms with Gasteiger partial charge in [-0.2, -0.15) is 16.8 Å². The molecular weight excluding hydrogens is 408 g/mol. The third-order valence-electron chi connectivity index (χ3n) is 3.16. The number of carbonyl (C=O) groups excluding carboxylic acids is 2. The van der Waals surface area contributed by atoms with Crippen LogP contribution in [-0.2, 0) is 25.0 Å². The SMILES string of the molecule is O=C(OC(=O)c1cc(S(=O)(=O)O)ccc1O)c1ccc(S(=O)(=O)O)cc1O. The summed E-state index contributed by atoms with van der Waals surface area (Å²) in [5.74, 6) is -4.66. The van der Waals surface area contributed by atoms with E-state index in [1.54, 1.807) is 0 Å². The molecule has 0 heterocycles. The third kappa shape index (κ3) is 4.59. The third-order valence-corrected chi connectivity index (χ3v) is 4.86. The first kappa shape index (κ1) is 20.3. The lowest BCUT2D eigenvalue weighted by Crippen LogP contribution is -2.14. The Kier molecular flexibility index (Phi) is 5.23. The summed E-state index contributed by atoms with van der Waals surface area (Å²) in [6, 6.07) is 4.16. The largest absolute Gasteiger partial charge is 0.507 e. The maximum Gasteiger partial charge on any atom is 0.349 e. The number of carbonyl (C=O) groups is 2. The molecule has 13 heteroatoms. The van der Waals surface area contributed by atoms with Gasteiger partial charge >= 0.3 is 11.9 Å². The van der Waals surface area contributed by atoms with Gasteiger partial charge in [-0.1, -0.05) is 0 Å². The van der Waals surface area contributed by atoms with E-state index >= 15 is 0 Å². The first-order valence-electron chi connectivity index (χ1n) is 6.68. The van der Waals surface area contributed by atoms with E-state index in [0.717, 1.165) is 24.3 Å². The van der Waals surface area contributed by atoms with Crippen molar-refractivity contribution in [2.45, 2.75) is 9.79 Å². The van der Waals surface area contributed by atoms with E-state index in [-0.39, 0.29) is 0 Å². The molecule has 2 aromatic rings. The van der Waals surface area contributed by atoms with Crippen molar-refractivity contribution in [3.05, 3.63) is 47.5 Å². The first-order chi connectivity index (χ1) is 12.3. The van der Waals surface area contributed by atoms with Crippen LogP contribution in [0.1, 0.15) is 20.7 Å². The molecule has 27 heavy (non-hydrogen) atoms. The van der Waals surface area contributed by atoms with Crippen LogP contribution >= 0.6 is 0 Å². The zero-order chi connectivity index (χ0) is 20.6. The van der Waals surface area contributed by atoms with Crippen molar-refractivity contribution >= 4 is 32.2 Å². The van der Waals surface area contributed by atoms with Gasteiger partial charge < -0.3 is 14.9 Å². The molecule has 0 atom stereocenters. The number of hydrogen-bond acceptors (Lipinski definition) is 9. The van der Waals surface area contributed by atoms with Crippen LogP contribution in [-0.4, -0.2) is 48.1 Å². The van der Waals surface area contributed by atoms with Crippen molar-refractivity contribution in [3.8, 4) is 11.5 Å². The summed E-state index contributed by atoms with van der Waals surface area (Å²) >= 11 is 0. The Bertz CT molecular complexity index is 1150. The van der Waals surface area contributed by atoms with Crippen LogP contribution in [0.2, 0.25) is 0 Å². The standard InChI is InChI=1S/C14H10O11S2/c15-11-4-2-7(26(19,20)21)5-10(11)14(18)25-13(17)9-3-1-8(6-12(9)16)27(22,23)24/h1-6,15-16H,(H,19,20,21)(H,22,23,24). The molecule has 0 saturated heterocycles. The molecule has 0 aliphatic carbocycles. The highest BCUT2D eigenvalue weighted by molar-refractivity contribution is 7.86. The number of phenols is 2. The minimum absolute atomic E-state index is 0.535. The van der Waals surface area contributed by atoms with Gasteiger partial charge in [0.2, 0.25) is 0 Å². The molecule has 4 N–H and O–H groups in total. The molecule has 0 unspecified atom stereocenters. The number of phenolic OH excluding ortho intramolecular Hbond substituents is 2. The van der Waals surface area contributed by atoms with E-state index in [4.69, 9.17) is 9.11 Å². The Labute approximate surface area is 152 Å². The van der Waals surface area contributed by atoms with Crippen molar-refractivity contribution in [1.82, 2.24) is 0 Å². The normalized spacial score (nSPS) is 11.8. The molecule has 0 aliphatic heterocycles. The number of rotatable bonds is 4. The summed E-state index contributed by atoms with van der Waals surface area (Å²) in [5.41, 5.74) is -1.42. The maximum atomic E-state index is 12.0. The topological polar surface area (TPSA) is 193 Å². The van der Waals surface area contributed by atoms with Gasteiger partial charge in [0, 0.05) is 6.07 Å². The van der Waals surface area contributed by atoms with E-state index in [0.29, 0.717) is 12.1 Å². The van der Waals surface area contributed by atoms with E-state index in [2.05, 4.69) is 4.74 Å². The summed E-state index contributed by atoms with van der Waals surface area (Å²) < 4.78 is 66.2. The number of aromatic hydroxyl groups is 2. The fourth-order valence-electron chi connectivity index (χ4n) is 1.88. The van der Waals surface area contributed by atoms with Crippen LogP contribution in [0.5, 0.6) is 11.5 Å². The lowest BCUT2D eigenvalue weighted by atomic mass is 10.2. The Morgan fingerprint density at radius 2 is 1.19 bits per heavy atom. The molecule has 2 aromatic carbocycles. The first-order valence-corrected chi connectivity index (χ1v) is 9.56. The smallest absolute Gasteiger partial charge is 0.349 e. The van der Waals surface area contributed by atoms with Crippen molar-refractivity contribution in [2.75, 3.05) is 0 Å². The minimum atomic E-state index is -4.71. The second kappa shape index (κ2) is 6.96. The Balaban J connectivity index is 2.33. The summed E-state index contributed by atoms with van der Waals surface area (Å²) in [5, 5.41) is 19.3. The van der Waals surface area contributed by atoms with E-state index in [1.165, 1.54) is 0 Å². The average Bonchev–Trinajstić information content (AvgIpc) is 2.52. The average molecular weight is 418 g/mol. The molecule has 144 valence electrons. The van der Waals surface area contributed by atoms with Crippen LogP contribution in [0.4, 0.5) is 0 Å². The minimum Gasteiger partial charge on any atom is -0.507 e. The highest BCUT2D eigenvalue weighted by Crippen LogP contribution is 2.25. The van der Waals surface area contributed by atoms with Crippen molar-refractivity contribution in [2.24, 2.45) is 0 Å². The summed E-state index contributed by atoms with van der Waals surface area (Å²) in [7, 11) is -9.36. The fourth-order valence-corrected chi connectivity index (χ4v) is 2.89. The zero-order valence-electron chi connectivity index (χ0n) is 12.9. The van der Waals surface area contributed by atoms with Crippen LogP contribution in [0.3, 0.4) is 0 Å². The van der Waals surface area contributed by atoms with Crippen molar-refractivity contribution in [3.63, 3.8) is 0 Å². The van der Waals surface area contributed by atoms with Crippen LogP contribution in [0, 0.1) is 0 Å². The van der Waals surface area contributed by atoms with Crippen molar-refractivity contribution in [1.29, 1.82) is 0 Å². The summed E-state index contributed by atoms with van der Waals surface area (Å²) in [6.07, 6.45) is 0. The van der Waals surface area contributed by atoms with E-state index in [1.807, 2.05) is 0 Å². The van der Waals surface area contributed by atoms with Crippen LogP contribution in [0.15, 0.2) is 46.2 Å². The summed E-state index contributed by atoms with van der Waals surface area (Å²) in [4.78, 5) is 22.4. The van der Waals surface area contributed by atoms with Gasteiger partial charge in [0.25, 0.3) is 20.2 Å². The second-order valence-electron chi connectivity index (χ2n) is 4.99. The highest BCUT2D eigenvalue weighted by atomic mass is 32.2. The lowest BCUT2D eigenvalue weighted by Gasteiger charge is -2.08. The van der Waals surface area contributed by atoms with Crippen LogP contribution < -0.4 is 0 Å². The second-order valence-corrected chi connectivity index (χ2v) is 7.83. The molecule has 2 rings (SSSR count). The van der Waals surface area contributed by atoms with Gasteiger partial charge in [-0.25, -0.2) is 9.59 Å². The monoisotopic (exact) mass is 418 g/mol. The number of hydrogen-bond donors (Lipinski definition) is 4. The Hall–Kier alpha value is -3.00. The predicted octanol–water partition coefficient (Wildman–Crippen LogP) is 0.588. The molecule has 0 spiro atoms. The lowest BCUT2D eigenvalue weighted by molar-refractivity contribution is 0.0394. The maximum absolute atomic E-state index is 12.0. The van der Waals surface area contributed by atoms with E-state index in [9.17, 15) is 36.6 Å². The zero-order valence-corrected chi connectivity index (χ0v) is 14.6. The van der Waals surface area contributed by atoms with Gasteiger partial charge in [0.15, 0.2) is 0 Å². The van der Waals surface area contributed by atoms with Crippen molar-refractivity contribution < 1.29 is 50.5 Å². The van der Waals surface area contributed by atoms with Gasteiger partial charge in [-0.05, 0) is 30.3 Å². The van der Waals surface area contributed by atoms with Gasteiger partial charge in [0.05, 0.1) is 9.79 Å². The fraction of sp³-hybridized carbons (Fsp3) is 0. The molecule has 0 aliphatic rings. The van der Waals surface area contributed by atoms with E-state index < -0.39 is 64.6 Å². The molecule has 11 nitrogen and oxygen atoms in total. The summed E-state index contributed by atoms with van der Waals surface area (Å²) in [6.45, 7) is 0. The molecule has 0 aromatic heterocycles. The molecule has 0 fully saturated rings. The Morgan fingerprint density at radius 1 is 0.704 bits per heavy atom. The van der Waals surface area contributed by atoms with Gasteiger partial charge in [-0.15, -0.1) is 0 Å².